The summed E-state index contributed by atoms with van der Waals surface area (Å²) < 4.78 is 27.5. The SMILES string of the molecule is O=C(Cc1c[nH]c2ccccc12)Nc1cccc(S(=O)(=O)N2CCCCCC2)c1. The number of nitrogens with zero attached hydrogens (tertiary/aromatic N) is 1. The quantitative estimate of drug-likeness (QED) is 0.668. The molecule has 3 aromatic rings. The van der Waals surface area contributed by atoms with Crippen molar-refractivity contribution in [3.05, 3.63) is 60.3 Å². The lowest BCUT2D eigenvalue weighted by molar-refractivity contribution is -0.115. The number of amides is 1. The number of carbonyl (C=O) groups is 1. The van der Waals surface area contributed by atoms with Crippen LogP contribution in [0.2, 0.25) is 0 Å². The molecule has 2 aromatic carbocycles. The first-order valence-electron chi connectivity index (χ1n) is 9.99. The van der Waals surface area contributed by atoms with Gasteiger partial charge in [0.15, 0.2) is 0 Å². The van der Waals surface area contributed by atoms with Gasteiger partial charge >= 0.3 is 0 Å². The Balaban J connectivity index is 1.49. The Morgan fingerprint density at radius 3 is 2.55 bits per heavy atom. The number of H-pyrrole nitrogens is 1. The van der Waals surface area contributed by atoms with E-state index in [1.165, 1.54) is 0 Å². The van der Waals surface area contributed by atoms with E-state index in [1.54, 1.807) is 28.6 Å². The molecule has 1 amide bonds. The molecule has 0 bridgehead atoms. The fraction of sp³-hybridized carbons (Fsp3) is 0.318. The number of para-hydroxylation sites is 1. The standard InChI is InChI=1S/C22H25N3O3S/c26-22(14-17-16-23-21-11-4-3-10-20(17)21)24-18-8-7-9-19(15-18)29(27,28)25-12-5-1-2-6-13-25/h3-4,7-11,15-16,23H,1-2,5-6,12-14H2,(H,24,26). The van der Waals surface area contributed by atoms with Gasteiger partial charge in [-0.15, -0.1) is 0 Å². The monoisotopic (exact) mass is 411 g/mol. The average molecular weight is 412 g/mol. The van der Waals surface area contributed by atoms with Crippen molar-refractivity contribution >= 4 is 32.5 Å². The molecule has 1 saturated heterocycles. The molecule has 0 spiro atoms. The van der Waals surface area contributed by atoms with E-state index in [4.69, 9.17) is 0 Å². The maximum absolute atomic E-state index is 13.0. The molecule has 0 atom stereocenters. The van der Waals surface area contributed by atoms with Gasteiger partial charge in [0.2, 0.25) is 15.9 Å². The highest BCUT2D eigenvalue weighted by molar-refractivity contribution is 7.89. The van der Waals surface area contributed by atoms with Crippen LogP contribution >= 0.6 is 0 Å². The topological polar surface area (TPSA) is 82.3 Å². The Labute approximate surface area is 171 Å². The highest BCUT2D eigenvalue weighted by atomic mass is 32.2. The predicted octanol–water partition coefficient (Wildman–Crippen LogP) is 3.91. The van der Waals surface area contributed by atoms with Crippen molar-refractivity contribution in [2.24, 2.45) is 0 Å². The summed E-state index contributed by atoms with van der Waals surface area (Å²) >= 11 is 0. The largest absolute Gasteiger partial charge is 0.361 e. The molecule has 2 N–H and O–H groups in total. The summed E-state index contributed by atoms with van der Waals surface area (Å²) in [6.07, 6.45) is 5.96. The molecule has 0 aliphatic carbocycles. The number of benzene rings is 2. The molecule has 6 nitrogen and oxygen atoms in total. The van der Waals surface area contributed by atoms with Gasteiger partial charge in [-0.25, -0.2) is 8.42 Å². The molecule has 0 unspecified atom stereocenters. The van der Waals surface area contributed by atoms with Crippen molar-refractivity contribution in [3.8, 4) is 0 Å². The Hall–Kier alpha value is -2.64. The molecule has 1 aliphatic heterocycles. The Kier molecular flexibility index (Phi) is 5.69. The minimum Gasteiger partial charge on any atom is -0.361 e. The van der Waals surface area contributed by atoms with Crippen LogP contribution < -0.4 is 5.32 Å². The van der Waals surface area contributed by atoms with Crippen LogP contribution in [-0.2, 0) is 21.2 Å². The summed E-state index contributed by atoms with van der Waals surface area (Å²) in [6.45, 7) is 1.11. The summed E-state index contributed by atoms with van der Waals surface area (Å²) in [4.78, 5) is 15.9. The number of anilines is 1. The third kappa shape index (κ3) is 4.36. The summed E-state index contributed by atoms with van der Waals surface area (Å²) in [5, 5.41) is 3.85. The first-order valence-corrected chi connectivity index (χ1v) is 11.4. The van der Waals surface area contributed by atoms with E-state index < -0.39 is 10.0 Å². The van der Waals surface area contributed by atoms with Crippen LogP contribution in [0.25, 0.3) is 10.9 Å². The van der Waals surface area contributed by atoms with Gasteiger partial charge in [-0.3, -0.25) is 4.79 Å². The smallest absolute Gasteiger partial charge is 0.243 e. The van der Waals surface area contributed by atoms with Crippen LogP contribution in [-0.4, -0.2) is 36.7 Å². The third-order valence-corrected chi connectivity index (χ3v) is 7.24. The summed E-state index contributed by atoms with van der Waals surface area (Å²) in [5.41, 5.74) is 2.39. The second kappa shape index (κ2) is 8.39. The van der Waals surface area contributed by atoms with Crippen LogP contribution in [0.4, 0.5) is 5.69 Å². The molecule has 1 fully saturated rings. The van der Waals surface area contributed by atoms with Crippen LogP contribution in [0.3, 0.4) is 0 Å². The van der Waals surface area contributed by atoms with Crippen molar-refractivity contribution in [2.75, 3.05) is 18.4 Å². The molecule has 1 aliphatic rings. The van der Waals surface area contributed by atoms with E-state index in [1.807, 2.05) is 30.5 Å². The molecule has 1 aromatic heterocycles. The van der Waals surface area contributed by atoms with E-state index in [-0.39, 0.29) is 17.2 Å². The zero-order chi connectivity index (χ0) is 20.3. The first kappa shape index (κ1) is 19.7. The van der Waals surface area contributed by atoms with Crippen LogP contribution in [0.15, 0.2) is 59.6 Å². The van der Waals surface area contributed by atoms with E-state index >= 15 is 0 Å². The van der Waals surface area contributed by atoms with Crippen molar-refractivity contribution in [1.82, 2.24) is 9.29 Å². The Bertz CT molecular complexity index is 1110. The molecular formula is C22H25N3O3S. The molecule has 4 rings (SSSR count). The number of hydrogen-bond acceptors (Lipinski definition) is 3. The van der Waals surface area contributed by atoms with Gasteiger partial charge in [-0.1, -0.05) is 37.1 Å². The highest BCUT2D eigenvalue weighted by Crippen LogP contribution is 2.23. The number of nitrogens with one attached hydrogen (secondary N) is 2. The second-order valence-corrected chi connectivity index (χ2v) is 9.37. The minimum absolute atomic E-state index is 0.181. The summed E-state index contributed by atoms with van der Waals surface area (Å²) in [5.74, 6) is -0.181. The van der Waals surface area contributed by atoms with Gasteiger partial charge in [0, 0.05) is 35.9 Å². The number of aromatic nitrogens is 1. The second-order valence-electron chi connectivity index (χ2n) is 7.43. The van der Waals surface area contributed by atoms with Crippen molar-refractivity contribution in [2.45, 2.75) is 37.0 Å². The lowest BCUT2D eigenvalue weighted by Crippen LogP contribution is -2.32. The van der Waals surface area contributed by atoms with Gasteiger partial charge < -0.3 is 10.3 Å². The minimum atomic E-state index is -3.55. The zero-order valence-corrected chi connectivity index (χ0v) is 17.0. The number of aromatic amines is 1. The normalized spacial score (nSPS) is 15.9. The van der Waals surface area contributed by atoms with Crippen LogP contribution in [0.5, 0.6) is 0 Å². The highest BCUT2D eigenvalue weighted by Gasteiger charge is 2.25. The number of hydrogen-bond donors (Lipinski definition) is 2. The van der Waals surface area contributed by atoms with Gasteiger partial charge in [0.25, 0.3) is 0 Å². The lowest BCUT2D eigenvalue weighted by Gasteiger charge is -2.20. The molecular weight excluding hydrogens is 386 g/mol. The maximum atomic E-state index is 13.0. The van der Waals surface area contributed by atoms with Crippen molar-refractivity contribution < 1.29 is 13.2 Å². The fourth-order valence-electron chi connectivity index (χ4n) is 3.82. The van der Waals surface area contributed by atoms with E-state index in [9.17, 15) is 13.2 Å². The van der Waals surface area contributed by atoms with Crippen LogP contribution in [0.1, 0.15) is 31.2 Å². The average Bonchev–Trinajstić information content (AvgIpc) is 2.92. The zero-order valence-electron chi connectivity index (χ0n) is 16.2. The Morgan fingerprint density at radius 1 is 1.00 bits per heavy atom. The molecule has 2 heterocycles. The fourth-order valence-corrected chi connectivity index (χ4v) is 5.38. The maximum Gasteiger partial charge on any atom is 0.243 e. The van der Waals surface area contributed by atoms with E-state index in [0.29, 0.717) is 18.8 Å². The van der Waals surface area contributed by atoms with Crippen LogP contribution in [0, 0.1) is 0 Å². The predicted molar refractivity (Wildman–Crippen MR) is 114 cm³/mol. The van der Waals surface area contributed by atoms with E-state index in [2.05, 4.69) is 10.3 Å². The van der Waals surface area contributed by atoms with Crippen molar-refractivity contribution in [1.29, 1.82) is 0 Å². The molecule has 7 heteroatoms. The van der Waals surface area contributed by atoms with Gasteiger partial charge in [-0.2, -0.15) is 4.31 Å². The summed E-state index contributed by atoms with van der Waals surface area (Å²) in [6, 6.07) is 14.4. The van der Waals surface area contributed by atoms with Gasteiger partial charge in [-0.05, 0) is 42.7 Å². The number of rotatable bonds is 5. The number of carbonyl (C=O) groups excluding carboxylic acids is 1. The van der Waals surface area contributed by atoms with Gasteiger partial charge in [0.1, 0.15) is 0 Å². The molecule has 152 valence electrons. The first-order chi connectivity index (χ1) is 14.0. The molecule has 0 saturated carbocycles. The third-order valence-electron chi connectivity index (χ3n) is 5.35. The van der Waals surface area contributed by atoms with Gasteiger partial charge in [0.05, 0.1) is 11.3 Å². The molecule has 29 heavy (non-hydrogen) atoms. The summed E-state index contributed by atoms with van der Waals surface area (Å²) in [7, 11) is -3.55. The van der Waals surface area contributed by atoms with Crippen molar-refractivity contribution in [3.63, 3.8) is 0 Å². The number of sulfonamides is 1. The Morgan fingerprint density at radius 2 is 1.76 bits per heavy atom. The lowest BCUT2D eigenvalue weighted by atomic mass is 10.1. The number of fused-ring (bicyclic) bond motifs is 1. The molecule has 0 radical (unpaired) electrons. The van der Waals surface area contributed by atoms with E-state index in [0.717, 1.165) is 42.1 Å².